The molecule has 1 aromatic carbocycles. The van der Waals surface area contributed by atoms with Crippen LogP contribution < -0.4 is 10.5 Å². The number of oxime groups is 1. The molecular weight excluding hydrogens is 270 g/mol. The number of hydrogen-bond acceptors (Lipinski definition) is 5. The zero-order valence-corrected chi connectivity index (χ0v) is 11.3. The Hall–Kier alpha value is -3.09. The van der Waals surface area contributed by atoms with Gasteiger partial charge in [-0.2, -0.15) is 5.10 Å². The van der Waals surface area contributed by atoms with E-state index < -0.39 is 0 Å². The Bertz CT molecular complexity index is 825. The van der Waals surface area contributed by atoms with E-state index in [4.69, 9.17) is 15.7 Å². The fourth-order valence-corrected chi connectivity index (χ4v) is 2.03. The highest BCUT2D eigenvalue weighted by molar-refractivity contribution is 6.04. The van der Waals surface area contributed by atoms with Crippen molar-refractivity contribution < 1.29 is 9.94 Å². The Morgan fingerprint density at radius 2 is 2.14 bits per heavy atom. The second-order valence-electron chi connectivity index (χ2n) is 4.46. The monoisotopic (exact) mass is 283 g/mol. The van der Waals surface area contributed by atoms with Gasteiger partial charge in [0, 0.05) is 18.6 Å². The number of hydrogen-bond donors (Lipinski definition) is 2. The Morgan fingerprint density at radius 3 is 2.86 bits per heavy atom. The molecule has 3 rings (SSSR count). The van der Waals surface area contributed by atoms with E-state index in [9.17, 15) is 0 Å². The molecule has 3 N–H and O–H groups in total. The van der Waals surface area contributed by atoms with Crippen LogP contribution in [0.4, 0.5) is 0 Å². The number of pyridine rings is 1. The van der Waals surface area contributed by atoms with Crippen molar-refractivity contribution in [1.82, 2.24) is 14.8 Å². The lowest BCUT2D eigenvalue weighted by molar-refractivity contribution is 0.318. The quantitative estimate of drug-likeness (QED) is 0.331. The first-order valence-electron chi connectivity index (χ1n) is 6.21. The minimum absolute atomic E-state index is 0.0628. The van der Waals surface area contributed by atoms with Gasteiger partial charge in [0.15, 0.2) is 11.6 Å². The summed E-state index contributed by atoms with van der Waals surface area (Å²) in [5, 5.41) is 16.8. The number of aromatic nitrogens is 3. The zero-order chi connectivity index (χ0) is 14.8. The van der Waals surface area contributed by atoms with Crippen molar-refractivity contribution in [2.45, 2.75) is 0 Å². The van der Waals surface area contributed by atoms with E-state index in [1.807, 2.05) is 24.3 Å². The lowest BCUT2D eigenvalue weighted by Gasteiger charge is -2.11. The fraction of sp³-hybridized carbons (Fsp3) is 0.0714. The number of aryl methyl sites for hydroxylation is 1. The van der Waals surface area contributed by atoms with E-state index in [0.717, 1.165) is 10.9 Å². The van der Waals surface area contributed by atoms with Crippen molar-refractivity contribution in [3.63, 3.8) is 0 Å². The molecule has 0 unspecified atom stereocenters. The molecular formula is C14H13N5O2. The summed E-state index contributed by atoms with van der Waals surface area (Å²) in [5.41, 5.74) is 6.88. The van der Waals surface area contributed by atoms with Crippen LogP contribution in [0.5, 0.6) is 11.5 Å². The molecule has 106 valence electrons. The summed E-state index contributed by atoms with van der Waals surface area (Å²) in [6.07, 6.45) is 4.83. The average molecular weight is 283 g/mol. The number of benzene rings is 1. The van der Waals surface area contributed by atoms with Gasteiger partial charge < -0.3 is 15.7 Å². The highest BCUT2D eigenvalue weighted by atomic mass is 16.5. The molecule has 0 aliphatic rings. The number of fused-ring (bicyclic) bond motifs is 1. The average Bonchev–Trinajstić information content (AvgIpc) is 2.92. The molecule has 0 saturated heterocycles. The molecule has 2 aromatic heterocycles. The van der Waals surface area contributed by atoms with E-state index in [0.29, 0.717) is 17.1 Å². The normalized spacial score (nSPS) is 11.8. The minimum Gasteiger partial charge on any atom is -0.453 e. The predicted octanol–water partition coefficient (Wildman–Crippen LogP) is 1.86. The van der Waals surface area contributed by atoms with Gasteiger partial charge in [-0.15, -0.1) is 0 Å². The van der Waals surface area contributed by atoms with Gasteiger partial charge in [-0.25, -0.2) is 0 Å². The largest absolute Gasteiger partial charge is 0.453 e. The van der Waals surface area contributed by atoms with Crippen molar-refractivity contribution in [3.05, 3.63) is 48.4 Å². The van der Waals surface area contributed by atoms with Gasteiger partial charge in [0.05, 0.1) is 23.5 Å². The highest BCUT2D eigenvalue weighted by Gasteiger charge is 2.15. The molecule has 0 bridgehead atoms. The summed E-state index contributed by atoms with van der Waals surface area (Å²) in [6, 6.07) is 7.48. The molecule has 0 radical (unpaired) electrons. The van der Waals surface area contributed by atoms with E-state index in [1.54, 1.807) is 24.1 Å². The summed E-state index contributed by atoms with van der Waals surface area (Å²) < 4.78 is 7.50. The topological polar surface area (TPSA) is 98.5 Å². The van der Waals surface area contributed by atoms with Crippen LogP contribution in [0.2, 0.25) is 0 Å². The smallest absolute Gasteiger partial charge is 0.175 e. The molecule has 0 spiro atoms. The van der Waals surface area contributed by atoms with Crippen LogP contribution in [-0.4, -0.2) is 25.8 Å². The van der Waals surface area contributed by atoms with Crippen molar-refractivity contribution in [1.29, 1.82) is 0 Å². The maximum Gasteiger partial charge on any atom is 0.175 e. The van der Waals surface area contributed by atoms with Crippen molar-refractivity contribution >= 4 is 16.7 Å². The first kappa shape index (κ1) is 12.9. The first-order valence-corrected chi connectivity index (χ1v) is 6.21. The summed E-state index contributed by atoms with van der Waals surface area (Å²) in [5.74, 6) is 0.969. The maximum absolute atomic E-state index is 8.92. The second kappa shape index (κ2) is 5.12. The molecule has 7 heteroatoms. The number of rotatable bonds is 3. The Morgan fingerprint density at radius 1 is 1.33 bits per heavy atom. The van der Waals surface area contributed by atoms with Gasteiger partial charge in [0.2, 0.25) is 0 Å². The van der Waals surface area contributed by atoms with Gasteiger partial charge in [0.25, 0.3) is 0 Å². The molecule has 0 aliphatic carbocycles. The maximum atomic E-state index is 8.92. The van der Waals surface area contributed by atoms with Crippen LogP contribution in [0.25, 0.3) is 10.9 Å². The number of ether oxygens (including phenoxy) is 1. The van der Waals surface area contributed by atoms with Gasteiger partial charge in [-0.3, -0.25) is 9.67 Å². The zero-order valence-electron chi connectivity index (χ0n) is 11.3. The van der Waals surface area contributed by atoms with E-state index in [2.05, 4.69) is 15.2 Å². The summed E-state index contributed by atoms with van der Waals surface area (Å²) in [6.45, 7) is 0. The molecule has 7 nitrogen and oxygen atoms in total. The molecule has 0 amide bonds. The highest BCUT2D eigenvalue weighted by Crippen LogP contribution is 2.32. The molecule has 21 heavy (non-hydrogen) atoms. The van der Waals surface area contributed by atoms with Crippen LogP contribution in [-0.2, 0) is 7.05 Å². The van der Waals surface area contributed by atoms with Gasteiger partial charge in [-0.1, -0.05) is 17.3 Å². The third kappa shape index (κ3) is 2.36. The van der Waals surface area contributed by atoms with Crippen LogP contribution >= 0.6 is 0 Å². The van der Waals surface area contributed by atoms with Crippen LogP contribution in [0.1, 0.15) is 5.56 Å². The van der Waals surface area contributed by atoms with E-state index >= 15 is 0 Å². The van der Waals surface area contributed by atoms with Crippen LogP contribution in [0.15, 0.2) is 48.0 Å². The number of nitrogens with two attached hydrogens (primary N) is 1. The van der Waals surface area contributed by atoms with Gasteiger partial charge in [-0.05, 0) is 12.1 Å². The Kier molecular flexibility index (Phi) is 3.15. The molecule has 0 fully saturated rings. The van der Waals surface area contributed by atoms with Crippen molar-refractivity contribution in [3.8, 4) is 11.5 Å². The van der Waals surface area contributed by atoms with E-state index in [-0.39, 0.29) is 5.84 Å². The van der Waals surface area contributed by atoms with Gasteiger partial charge in [0.1, 0.15) is 5.75 Å². The fourth-order valence-electron chi connectivity index (χ4n) is 2.03. The third-order valence-electron chi connectivity index (χ3n) is 3.01. The summed E-state index contributed by atoms with van der Waals surface area (Å²) in [7, 11) is 1.79. The molecule has 0 atom stereocenters. The molecule has 2 heterocycles. The lowest BCUT2D eigenvalue weighted by Crippen LogP contribution is -2.14. The Balaban J connectivity index is 2.20. The van der Waals surface area contributed by atoms with Crippen LogP contribution in [0.3, 0.4) is 0 Å². The molecule has 0 aliphatic heterocycles. The second-order valence-corrected chi connectivity index (χ2v) is 4.46. The van der Waals surface area contributed by atoms with Crippen LogP contribution in [0, 0.1) is 0 Å². The number of amidine groups is 1. The van der Waals surface area contributed by atoms with Crippen molar-refractivity contribution in [2.75, 3.05) is 0 Å². The number of para-hydroxylation sites is 1. The number of nitrogens with zero attached hydrogens (tertiary/aromatic N) is 4. The first-order chi connectivity index (χ1) is 10.2. The lowest BCUT2D eigenvalue weighted by atomic mass is 10.1. The predicted molar refractivity (Wildman–Crippen MR) is 77.5 cm³/mol. The SMILES string of the molecule is Cn1cc(Oc2c(/C(N)=N/O)cnc3ccccc23)cn1. The van der Waals surface area contributed by atoms with E-state index in [1.165, 1.54) is 6.20 Å². The van der Waals surface area contributed by atoms with Gasteiger partial charge >= 0.3 is 0 Å². The van der Waals surface area contributed by atoms with Crippen molar-refractivity contribution in [2.24, 2.45) is 17.9 Å². The Labute approximate surface area is 120 Å². The molecule has 3 aromatic rings. The molecule has 0 saturated carbocycles. The third-order valence-corrected chi connectivity index (χ3v) is 3.01. The summed E-state index contributed by atoms with van der Waals surface area (Å²) in [4.78, 5) is 4.28. The minimum atomic E-state index is -0.0628. The standard InChI is InChI=1S/C14H13N5O2/c1-19-8-9(6-17-19)21-13-10-4-2-3-5-12(10)16-7-11(13)14(15)18-20/h2-8,20H,1H3,(H2,15,18). The summed E-state index contributed by atoms with van der Waals surface area (Å²) >= 11 is 0.